The van der Waals surface area contributed by atoms with Gasteiger partial charge in [0, 0.05) is 7.11 Å². The van der Waals surface area contributed by atoms with E-state index in [0.29, 0.717) is 0 Å². The van der Waals surface area contributed by atoms with Crippen molar-refractivity contribution < 1.29 is 19.4 Å². The monoisotopic (exact) mass is 291 g/mol. The first-order chi connectivity index (χ1) is 10.1. The molecule has 1 aromatic carbocycles. The number of ether oxygens (including phenoxy) is 1. The van der Waals surface area contributed by atoms with Crippen molar-refractivity contribution in [1.82, 2.24) is 20.2 Å². The normalized spacial score (nSPS) is 10.1. The number of carboxylic acid groups (broad SMARTS) is 1. The number of aromatic nitrogens is 3. The van der Waals surface area contributed by atoms with Crippen LogP contribution in [0.2, 0.25) is 0 Å². The van der Waals surface area contributed by atoms with Crippen LogP contribution in [-0.4, -0.2) is 38.9 Å². The predicted molar refractivity (Wildman–Crippen MR) is 71.5 cm³/mol. The van der Waals surface area contributed by atoms with Gasteiger partial charge in [-0.15, -0.1) is 0 Å². The van der Waals surface area contributed by atoms with E-state index in [4.69, 9.17) is 9.84 Å². The van der Waals surface area contributed by atoms with E-state index in [0.717, 1.165) is 0 Å². The minimum absolute atomic E-state index is 0.0373. The van der Waals surface area contributed by atoms with Crippen LogP contribution in [-0.2, 0) is 11.5 Å². The number of benzene rings is 1. The van der Waals surface area contributed by atoms with Crippen LogP contribution in [0.3, 0.4) is 0 Å². The molecule has 110 valence electrons. The lowest BCUT2D eigenvalue weighted by molar-refractivity contribution is 0.0691. The zero-order chi connectivity index (χ0) is 15.2. The Morgan fingerprint density at radius 2 is 2.05 bits per heavy atom. The second kappa shape index (κ2) is 6.48. The summed E-state index contributed by atoms with van der Waals surface area (Å²) in [6.07, 6.45) is 1.29. The van der Waals surface area contributed by atoms with Crippen molar-refractivity contribution in [2.45, 2.75) is 6.73 Å². The first-order valence-corrected chi connectivity index (χ1v) is 5.89. The largest absolute Gasteiger partial charge is 0.478 e. The Kier molecular flexibility index (Phi) is 4.46. The number of anilines is 1. The lowest BCUT2D eigenvalue weighted by Crippen LogP contribution is -2.32. The molecule has 0 fully saturated rings. The molecule has 0 saturated heterocycles. The van der Waals surface area contributed by atoms with Gasteiger partial charge < -0.3 is 9.84 Å². The molecule has 0 atom stereocenters. The molecule has 9 nitrogen and oxygen atoms in total. The summed E-state index contributed by atoms with van der Waals surface area (Å²) in [7, 11) is 1.49. The van der Waals surface area contributed by atoms with Gasteiger partial charge in [0.15, 0.2) is 0 Å². The molecular formula is C12H13N5O4. The highest BCUT2D eigenvalue weighted by atomic mass is 16.5. The van der Waals surface area contributed by atoms with Crippen molar-refractivity contribution in [1.29, 1.82) is 0 Å². The Morgan fingerprint density at radius 1 is 1.33 bits per heavy atom. The number of amides is 1. The molecule has 2 aromatic rings. The fraction of sp³-hybridized carbons (Fsp3) is 0.167. The van der Waals surface area contributed by atoms with E-state index in [1.54, 1.807) is 12.1 Å². The van der Waals surface area contributed by atoms with E-state index in [2.05, 4.69) is 20.9 Å². The molecule has 0 aliphatic rings. The van der Waals surface area contributed by atoms with Crippen LogP contribution in [0.4, 0.5) is 5.95 Å². The number of rotatable bonds is 6. The number of carbonyl (C=O) groups is 2. The highest BCUT2D eigenvalue weighted by Gasteiger charge is 2.16. The fourth-order valence-electron chi connectivity index (χ4n) is 1.63. The highest BCUT2D eigenvalue weighted by molar-refractivity contribution is 6.04. The minimum atomic E-state index is -1.18. The molecule has 0 unspecified atom stereocenters. The zero-order valence-corrected chi connectivity index (χ0v) is 11.1. The van der Waals surface area contributed by atoms with Gasteiger partial charge in [-0.2, -0.15) is 10.1 Å². The van der Waals surface area contributed by atoms with E-state index in [1.807, 2.05) is 0 Å². The number of nitrogens with zero attached hydrogens (tertiary/aromatic N) is 3. The van der Waals surface area contributed by atoms with Crippen LogP contribution in [0.1, 0.15) is 20.7 Å². The summed E-state index contributed by atoms with van der Waals surface area (Å²) in [6.45, 7) is 0.157. The average Bonchev–Trinajstić information content (AvgIpc) is 2.92. The molecule has 21 heavy (non-hydrogen) atoms. The molecule has 0 saturated carbocycles. The second-order valence-corrected chi connectivity index (χ2v) is 3.93. The summed E-state index contributed by atoms with van der Waals surface area (Å²) in [5.74, 6) is -1.51. The lowest BCUT2D eigenvalue weighted by atomic mass is 10.1. The number of aromatic carboxylic acids is 1. The van der Waals surface area contributed by atoms with E-state index >= 15 is 0 Å². The fourth-order valence-corrected chi connectivity index (χ4v) is 1.63. The summed E-state index contributed by atoms with van der Waals surface area (Å²) in [6, 6.07) is 5.89. The van der Waals surface area contributed by atoms with E-state index in [1.165, 1.54) is 30.3 Å². The maximum absolute atomic E-state index is 12.0. The third-order valence-electron chi connectivity index (χ3n) is 2.56. The van der Waals surface area contributed by atoms with Gasteiger partial charge >= 0.3 is 5.97 Å². The Balaban J connectivity index is 2.09. The maximum atomic E-state index is 12.0. The van der Waals surface area contributed by atoms with E-state index < -0.39 is 11.9 Å². The number of nitrogens with one attached hydrogen (secondary N) is 2. The Hall–Kier alpha value is -2.94. The third-order valence-corrected chi connectivity index (χ3v) is 2.56. The molecule has 0 spiro atoms. The average molecular weight is 291 g/mol. The molecule has 9 heteroatoms. The van der Waals surface area contributed by atoms with Gasteiger partial charge in [-0.1, -0.05) is 12.1 Å². The SMILES string of the molecule is COCn1ncnc1NNC(=O)c1ccccc1C(=O)O. The van der Waals surface area contributed by atoms with Gasteiger partial charge in [0.1, 0.15) is 13.1 Å². The number of carboxylic acids is 1. The Labute approximate surface area is 119 Å². The lowest BCUT2D eigenvalue weighted by Gasteiger charge is -2.10. The van der Waals surface area contributed by atoms with Gasteiger partial charge in [-0.3, -0.25) is 15.6 Å². The predicted octanol–water partition coefficient (Wildman–Crippen LogP) is 0.337. The number of methoxy groups -OCH3 is 1. The van der Waals surface area contributed by atoms with Crippen LogP contribution >= 0.6 is 0 Å². The highest BCUT2D eigenvalue weighted by Crippen LogP contribution is 2.09. The zero-order valence-electron chi connectivity index (χ0n) is 11.1. The van der Waals surface area contributed by atoms with Crippen molar-refractivity contribution in [3.63, 3.8) is 0 Å². The molecule has 0 aliphatic heterocycles. The summed E-state index contributed by atoms with van der Waals surface area (Å²) in [5, 5.41) is 12.9. The van der Waals surface area contributed by atoms with E-state index in [9.17, 15) is 9.59 Å². The van der Waals surface area contributed by atoms with Gasteiger partial charge in [0.25, 0.3) is 5.91 Å². The molecule has 1 amide bonds. The molecule has 0 aliphatic carbocycles. The summed E-state index contributed by atoms with van der Waals surface area (Å²) in [4.78, 5) is 27.0. The standard InChI is InChI=1S/C12H13N5O4/c1-21-7-17-12(13-6-14-17)16-15-10(18)8-4-2-3-5-9(8)11(19)20/h2-6H,7H2,1H3,(H,15,18)(H,19,20)(H,13,14,16). The van der Waals surface area contributed by atoms with Crippen molar-refractivity contribution in [3.8, 4) is 0 Å². The molecule has 0 radical (unpaired) electrons. The number of hydrogen-bond acceptors (Lipinski definition) is 6. The van der Waals surface area contributed by atoms with Crippen molar-refractivity contribution in [2.75, 3.05) is 12.5 Å². The molecule has 1 heterocycles. The van der Waals surface area contributed by atoms with Crippen LogP contribution in [0.15, 0.2) is 30.6 Å². The summed E-state index contributed by atoms with van der Waals surface area (Å²) >= 11 is 0. The van der Waals surface area contributed by atoms with Crippen LogP contribution in [0.5, 0.6) is 0 Å². The Bertz CT molecular complexity index is 655. The molecule has 2 rings (SSSR count). The second-order valence-electron chi connectivity index (χ2n) is 3.93. The number of hydrogen-bond donors (Lipinski definition) is 3. The van der Waals surface area contributed by atoms with Crippen LogP contribution in [0, 0.1) is 0 Å². The van der Waals surface area contributed by atoms with Gasteiger partial charge in [-0.05, 0) is 12.1 Å². The van der Waals surface area contributed by atoms with Crippen LogP contribution in [0.25, 0.3) is 0 Å². The summed E-state index contributed by atoms with van der Waals surface area (Å²) in [5.41, 5.74) is 4.87. The molecule has 1 aromatic heterocycles. The molecule has 0 bridgehead atoms. The summed E-state index contributed by atoms with van der Waals surface area (Å²) < 4.78 is 6.28. The maximum Gasteiger partial charge on any atom is 0.336 e. The Morgan fingerprint density at radius 3 is 2.71 bits per heavy atom. The van der Waals surface area contributed by atoms with Gasteiger partial charge in [-0.25, -0.2) is 9.48 Å². The van der Waals surface area contributed by atoms with Gasteiger partial charge in [0.05, 0.1) is 11.1 Å². The van der Waals surface area contributed by atoms with Crippen molar-refractivity contribution in [3.05, 3.63) is 41.7 Å². The first-order valence-electron chi connectivity index (χ1n) is 5.89. The quantitative estimate of drug-likeness (QED) is 0.656. The smallest absolute Gasteiger partial charge is 0.336 e. The van der Waals surface area contributed by atoms with Crippen molar-refractivity contribution in [2.24, 2.45) is 0 Å². The molecule has 3 N–H and O–H groups in total. The third kappa shape index (κ3) is 3.34. The van der Waals surface area contributed by atoms with Crippen molar-refractivity contribution >= 4 is 17.8 Å². The molecular weight excluding hydrogens is 278 g/mol. The minimum Gasteiger partial charge on any atom is -0.478 e. The number of hydrazine groups is 1. The van der Waals surface area contributed by atoms with Gasteiger partial charge in [0.2, 0.25) is 5.95 Å². The van der Waals surface area contributed by atoms with Crippen LogP contribution < -0.4 is 10.9 Å². The van der Waals surface area contributed by atoms with E-state index in [-0.39, 0.29) is 23.8 Å². The first kappa shape index (κ1) is 14.5. The number of carbonyl (C=O) groups excluding carboxylic acids is 1. The topological polar surface area (TPSA) is 118 Å².